The third kappa shape index (κ3) is 3.21. The smallest absolute Gasteiger partial charge is 0.246 e. The summed E-state index contributed by atoms with van der Waals surface area (Å²) in [5, 5.41) is 4.24. The van der Waals surface area contributed by atoms with Gasteiger partial charge >= 0.3 is 0 Å². The van der Waals surface area contributed by atoms with E-state index < -0.39 is 10.0 Å². The normalized spacial score (nSPS) is 18.3. The van der Waals surface area contributed by atoms with Gasteiger partial charge in [-0.1, -0.05) is 6.92 Å². The molecule has 0 bridgehead atoms. The Morgan fingerprint density at radius 1 is 1.27 bits per heavy atom. The fourth-order valence-corrected chi connectivity index (χ4v) is 5.10. The molecule has 1 saturated heterocycles. The van der Waals surface area contributed by atoms with Gasteiger partial charge in [-0.2, -0.15) is 9.40 Å². The fourth-order valence-electron chi connectivity index (χ4n) is 3.29. The molecule has 0 aromatic carbocycles. The minimum absolute atomic E-state index is 0.0807. The number of nitrogens with zero attached hydrogens (tertiary/aromatic N) is 4. The third-order valence-electron chi connectivity index (χ3n) is 4.69. The summed E-state index contributed by atoms with van der Waals surface area (Å²) in [7, 11) is 0.0146. The predicted molar refractivity (Wildman–Crippen MR) is 87.4 cm³/mol. The Balaban J connectivity index is 2.17. The Labute approximate surface area is 134 Å². The lowest BCUT2D eigenvalue weighted by Crippen LogP contribution is -2.45. The maximum Gasteiger partial charge on any atom is 0.246 e. The van der Waals surface area contributed by atoms with E-state index in [1.165, 1.54) is 0 Å². The van der Waals surface area contributed by atoms with Crippen molar-refractivity contribution in [2.75, 3.05) is 26.7 Å². The molecule has 0 atom stereocenters. The topological polar surface area (TPSA) is 58.4 Å². The van der Waals surface area contributed by atoms with Crippen molar-refractivity contribution in [2.24, 2.45) is 7.05 Å². The first-order chi connectivity index (χ1) is 10.3. The van der Waals surface area contributed by atoms with Crippen LogP contribution < -0.4 is 0 Å². The number of piperidine rings is 1. The molecule has 1 aromatic rings. The van der Waals surface area contributed by atoms with Gasteiger partial charge in [0.1, 0.15) is 4.90 Å². The zero-order valence-corrected chi connectivity index (χ0v) is 15.2. The van der Waals surface area contributed by atoms with Gasteiger partial charge in [0.15, 0.2) is 0 Å². The molecule has 0 amide bonds. The highest BCUT2D eigenvalue weighted by atomic mass is 32.2. The lowest BCUT2D eigenvalue weighted by atomic mass is 10.1. The Hall–Kier alpha value is -0.920. The molecule has 22 heavy (non-hydrogen) atoms. The van der Waals surface area contributed by atoms with E-state index in [0.717, 1.165) is 38.9 Å². The van der Waals surface area contributed by atoms with E-state index in [1.54, 1.807) is 30.0 Å². The standard InChI is InChI=1S/C15H28N4O2S/c1-6-9-19-10-7-14(8-11-19)18(5)22(20,21)15-12(2)16-17(4)13(15)3/h14H,6-11H2,1-5H3. The highest BCUT2D eigenvalue weighted by Gasteiger charge is 2.34. The summed E-state index contributed by atoms with van der Waals surface area (Å²) in [6, 6.07) is 0.0807. The summed E-state index contributed by atoms with van der Waals surface area (Å²) in [5.74, 6) is 0. The Bertz CT molecular complexity index is 616. The molecule has 0 saturated carbocycles. The lowest BCUT2D eigenvalue weighted by molar-refractivity contribution is 0.170. The van der Waals surface area contributed by atoms with Crippen molar-refractivity contribution in [1.29, 1.82) is 0 Å². The molecule has 1 fully saturated rings. The Kier molecular flexibility index (Phi) is 5.29. The van der Waals surface area contributed by atoms with Crippen LogP contribution in [-0.4, -0.2) is 60.1 Å². The van der Waals surface area contributed by atoms with Gasteiger partial charge in [-0.05, 0) is 52.7 Å². The van der Waals surface area contributed by atoms with E-state index in [2.05, 4.69) is 16.9 Å². The number of rotatable bonds is 5. The van der Waals surface area contributed by atoms with Crippen LogP contribution in [0.4, 0.5) is 0 Å². The van der Waals surface area contributed by atoms with E-state index in [-0.39, 0.29) is 6.04 Å². The zero-order chi connectivity index (χ0) is 16.5. The summed E-state index contributed by atoms with van der Waals surface area (Å²) in [4.78, 5) is 2.78. The first-order valence-corrected chi connectivity index (χ1v) is 9.43. The second-order valence-electron chi connectivity index (χ2n) is 6.22. The quantitative estimate of drug-likeness (QED) is 0.822. The van der Waals surface area contributed by atoms with Crippen molar-refractivity contribution in [1.82, 2.24) is 19.0 Å². The largest absolute Gasteiger partial charge is 0.303 e. The van der Waals surface area contributed by atoms with Gasteiger partial charge in [0.2, 0.25) is 10.0 Å². The SMILES string of the molecule is CCCN1CCC(N(C)S(=O)(=O)c2c(C)nn(C)c2C)CC1. The molecule has 6 nitrogen and oxygen atoms in total. The molecule has 1 aliphatic heterocycles. The molecular formula is C15H28N4O2S. The van der Waals surface area contributed by atoms with Crippen LogP contribution in [0.25, 0.3) is 0 Å². The number of likely N-dealkylation sites (tertiary alicyclic amines) is 1. The number of hydrogen-bond donors (Lipinski definition) is 0. The van der Waals surface area contributed by atoms with Gasteiger partial charge in [-0.15, -0.1) is 0 Å². The van der Waals surface area contributed by atoms with Crippen molar-refractivity contribution in [3.8, 4) is 0 Å². The molecule has 1 aliphatic rings. The van der Waals surface area contributed by atoms with E-state index in [0.29, 0.717) is 16.3 Å². The van der Waals surface area contributed by atoms with E-state index in [9.17, 15) is 8.42 Å². The molecule has 0 radical (unpaired) electrons. The number of aromatic nitrogens is 2. The van der Waals surface area contributed by atoms with Crippen LogP contribution in [0.5, 0.6) is 0 Å². The molecule has 2 rings (SSSR count). The van der Waals surface area contributed by atoms with Crippen molar-refractivity contribution in [2.45, 2.75) is 51.0 Å². The molecule has 126 valence electrons. The minimum atomic E-state index is -3.48. The number of aryl methyl sites for hydroxylation is 2. The maximum absolute atomic E-state index is 13.0. The van der Waals surface area contributed by atoms with Crippen LogP contribution in [0.1, 0.15) is 37.6 Å². The molecule has 1 aromatic heterocycles. The van der Waals surface area contributed by atoms with Gasteiger partial charge in [-0.25, -0.2) is 8.42 Å². The zero-order valence-electron chi connectivity index (χ0n) is 14.3. The third-order valence-corrected chi connectivity index (χ3v) is 6.85. The molecule has 0 spiro atoms. The van der Waals surface area contributed by atoms with Crippen LogP contribution in [0.2, 0.25) is 0 Å². The summed E-state index contributed by atoms with van der Waals surface area (Å²) < 4.78 is 29.1. The van der Waals surface area contributed by atoms with Crippen molar-refractivity contribution in [3.63, 3.8) is 0 Å². The maximum atomic E-state index is 13.0. The lowest BCUT2D eigenvalue weighted by Gasteiger charge is -2.36. The van der Waals surface area contributed by atoms with E-state index in [1.807, 2.05) is 6.92 Å². The van der Waals surface area contributed by atoms with Crippen molar-refractivity contribution >= 4 is 10.0 Å². The average molecular weight is 328 g/mol. The van der Waals surface area contributed by atoms with Crippen LogP contribution in [0.15, 0.2) is 4.90 Å². The summed E-state index contributed by atoms with van der Waals surface area (Å²) in [6.45, 7) is 8.80. The van der Waals surface area contributed by atoms with Gasteiger partial charge in [0.05, 0.1) is 11.4 Å². The second-order valence-corrected chi connectivity index (χ2v) is 8.15. The summed E-state index contributed by atoms with van der Waals surface area (Å²) in [5.41, 5.74) is 1.28. The summed E-state index contributed by atoms with van der Waals surface area (Å²) >= 11 is 0. The predicted octanol–water partition coefficient (Wildman–Crippen LogP) is 1.53. The minimum Gasteiger partial charge on any atom is -0.303 e. The highest BCUT2D eigenvalue weighted by Crippen LogP contribution is 2.26. The molecule has 7 heteroatoms. The van der Waals surface area contributed by atoms with Gasteiger partial charge in [0.25, 0.3) is 0 Å². The Morgan fingerprint density at radius 3 is 2.32 bits per heavy atom. The van der Waals surface area contributed by atoms with Crippen LogP contribution in [0.3, 0.4) is 0 Å². The van der Waals surface area contributed by atoms with Crippen molar-refractivity contribution < 1.29 is 8.42 Å². The molecule has 2 heterocycles. The van der Waals surface area contributed by atoms with Gasteiger partial charge in [-0.3, -0.25) is 4.68 Å². The molecular weight excluding hydrogens is 300 g/mol. The van der Waals surface area contributed by atoms with Crippen molar-refractivity contribution in [3.05, 3.63) is 11.4 Å². The highest BCUT2D eigenvalue weighted by molar-refractivity contribution is 7.89. The van der Waals surface area contributed by atoms with E-state index >= 15 is 0 Å². The fraction of sp³-hybridized carbons (Fsp3) is 0.800. The van der Waals surface area contributed by atoms with Gasteiger partial charge < -0.3 is 4.90 Å². The second kappa shape index (κ2) is 6.68. The summed E-state index contributed by atoms with van der Waals surface area (Å²) in [6.07, 6.45) is 2.94. The molecule has 0 unspecified atom stereocenters. The Morgan fingerprint density at radius 2 is 1.86 bits per heavy atom. The van der Waals surface area contributed by atoms with Crippen LogP contribution in [0, 0.1) is 13.8 Å². The van der Waals surface area contributed by atoms with E-state index in [4.69, 9.17) is 0 Å². The van der Waals surface area contributed by atoms with Gasteiger partial charge in [0, 0.05) is 20.1 Å². The van der Waals surface area contributed by atoms with Crippen LogP contribution in [-0.2, 0) is 17.1 Å². The first-order valence-electron chi connectivity index (χ1n) is 7.99. The monoisotopic (exact) mass is 328 g/mol. The first kappa shape index (κ1) is 17.4. The molecule has 0 aliphatic carbocycles. The van der Waals surface area contributed by atoms with Crippen LogP contribution >= 0.6 is 0 Å². The number of sulfonamides is 1. The molecule has 0 N–H and O–H groups in total. The number of hydrogen-bond acceptors (Lipinski definition) is 4. The average Bonchev–Trinajstić information content (AvgIpc) is 2.73.